The maximum absolute atomic E-state index is 4.77. The molecule has 0 N–H and O–H groups in total. The Labute approximate surface area is 163 Å². The molecule has 0 unspecified atom stereocenters. The SMILES string of the molecule is CC1=NC2=NC(c3ccc(C)cc3)=CC3=CC(c4ccc(C)cc4)=NC(=N1)N32. The van der Waals surface area contributed by atoms with Crippen LogP contribution in [0.15, 0.2) is 86.3 Å². The van der Waals surface area contributed by atoms with E-state index in [1.165, 1.54) is 11.1 Å². The fourth-order valence-corrected chi connectivity index (χ4v) is 3.36. The van der Waals surface area contributed by atoms with Gasteiger partial charge in [-0.1, -0.05) is 59.7 Å². The Morgan fingerprint density at radius 3 is 1.89 bits per heavy atom. The third-order valence-electron chi connectivity index (χ3n) is 4.89. The van der Waals surface area contributed by atoms with Crippen molar-refractivity contribution in [3.63, 3.8) is 0 Å². The van der Waals surface area contributed by atoms with Crippen molar-refractivity contribution in [2.75, 3.05) is 0 Å². The van der Waals surface area contributed by atoms with E-state index in [2.05, 4.69) is 84.5 Å². The molecule has 2 aromatic rings. The Kier molecular flexibility index (Phi) is 3.69. The number of amidine groups is 1. The summed E-state index contributed by atoms with van der Waals surface area (Å²) in [7, 11) is 0. The molecule has 0 aliphatic carbocycles. The first-order valence-electron chi connectivity index (χ1n) is 9.26. The Balaban J connectivity index is 1.65. The second-order valence-corrected chi connectivity index (χ2v) is 7.15. The zero-order chi connectivity index (χ0) is 19.3. The van der Waals surface area contributed by atoms with Crippen LogP contribution in [0, 0.1) is 13.8 Å². The molecule has 3 aliphatic heterocycles. The van der Waals surface area contributed by atoms with Crippen LogP contribution in [0.25, 0.3) is 5.70 Å². The number of rotatable bonds is 2. The van der Waals surface area contributed by atoms with Gasteiger partial charge in [0.2, 0.25) is 11.9 Å². The summed E-state index contributed by atoms with van der Waals surface area (Å²) in [6.45, 7) is 6.03. The molecule has 0 radical (unpaired) electrons. The van der Waals surface area contributed by atoms with Gasteiger partial charge >= 0.3 is 0 Å². The third kappa shape index (κ3) is 2.81. The fourth-order valence-electron chi connectivity index (χ4n) is 3.36. The molecule has 28 heavy (non-hydrogen) atoms. The number of guanidine groups is 2. The van der Waals surface area contributed by atoms with Gasteiger partial charge in [0.15, 0.2) is 0 Å². The van der Waals surface area contributed by atoms with Gasteiger partial charge in [-0.05, 0) is 32.9 Å². The van der Waals surface area contributed by atoms with Gasteiger partial charge in [-0.3, -0.25) is 0 Å². The summed E-state index contributed by atoms with van der Waals surface area (Å²) in [5, 5.41) is 0. The van der Waals surface area contributed by atoms with Crippen LogP contribution in [0.4, 0.5) is 0 Å². The highest BCUT2D eigenvalue weighted by Gasteiger charge is 2.31. The predicted octanol–water partition coefficient (Wildman–Crippen LogP) is 4.49. The molecule has 0 bridgehead atoms. The first-order valence-corrected chi connectivity index (χ1v) is 9.26. The number of hydrogen-bond acceptors (Lipinski definition) is 5. The van der Waals surface area contributed by atoms with Crippen molar-refractivity contribution < 1.29 is 0 Å². The maximum Gasteiger partial charge on any atom is 0.239 e. The maximum atomic E-state index is 4.77. The monoisotopic (exact) mass is 365 g/mol. The molecule has 5 heteroatoms. The van der Waals surface area contributed by atoms with Crippen LogP contribution in [0.1, 0.15) is 29.2 Å². The molecular formula is C23H19N5. The summed E-state index contributed by atoms with van der Waals surface area (Å²) in [4.78, 5) is 20.5. The minimum atomic E-state index is 0.610. The molecule has 0 spiro atoms. The van der Waals surface area contributed by atoms with Crippen LogP contribution >= 0.6 is 0 Å². The van der Waals surface area contributed by atoms with Gasteiger partial charge in [-0.25, -0.2) is 14.9 Å². The van der Waals surface area contributed by atoms with Crippen molar-refractivity contribution in [3.8, 4) is 0 Å². The van der Waals surface area contributed by atoms with Gasteiger partial charge in [-0.2, -0.15) is 9.98 Å². The molecule has 5 nitrogen and oxygen atoms in total. The molecule has 2 aromatic carbocycles. The smallest absolute Gasteiger partial charge is 0.239 e. The molecule has 0 saturated heterocycles. The number of nitrogens with zero attached hydrogens (tertiary/aromatic N) is 5. The molecular weight excluding hydrogens is 346 g/mol. The lowest BCUT2D eigenvalue weighted by molar-refractivity contribution is 0.736. The van der Waals surface area contributed by atoms with Crippen molar-refractivity contribution in [2.45, 2.75) is 20.8 Å². The van der Waals surface area contributed by atoms with Crippen LogP contribution in [-0.4, -0.2) is 28.4 Å². The average molecular weight is 365 g/mol. The minimum Gasteiger partial charge on any atom is -0.246 e. The lowest BCUT2D eigenvalue weighted by Gasteiger charge is -2.32. The summed E-state index contributed by atoms with van der Waals surface area (Å²) in [5.74, 6) is 1.88. The van der Waals surface area contributed by atoms with Gasteiger partial charge in [0, 0.05) is 11.1 Å². The van der Waals surface area contributed by atoms with E-state index < -0.39 is 0 Å². The summed E-state index contributed by atoms with van der Waals surface area (Å²) in [5.41, 5.74) is 7.33. The quantitative estimate of drug-likeness (QED) is 0.773. The number of aliphatic imine (C=N–C) groups is 4. The molecule has 0 atom stereocenters. The van der Waals surface area contributed by atoms with Gasteiger partial charge in [0.1, 0.15) is 5.84 Å². The normalized spacial score (nSPS) is 17.6. The zero-order valence-electron chi connectivity index (χ0n) is 16.0. The van der Waals surface area contributed by atoms with Crippen LogP contribution < -0.4 is 0 Å². The van der Waals surface area contributed by atoms with E-state index in [1.54, 1.807) is 0 Å². The molecule has 3 heterocycles. The van der Waals surface area contributed by atoms with E-state index in [4.69, 9.17) is 9.98 Å². The largest absolute Gasteiger partial charge is 0.246 e. The number of hydrogen-bond donors (Lipinski definition) is 0. The van der Waals surface area contributed by atoms with E-state index in [1.807, 2.05) is 11.8 Å². The second-order valence-electron chi connectivity index (χ2n) is 7.15. The summed E-state index contributed by atoms with van der Waals surface area (Å²) in [6.07, 6.45) is 4.14. The van der Waals surface area contributed by atoms with Gasteiger partial charge < -0.3 is 0 Å². The lowest BCUT2D eigenvalue weighted by Crippen LogP contribution is -2.41. The molecule has 0 amide bonds. The van der Waals surface area contributed by atoms with E-state index in [0.717, 1.165) is 28.2 Å². The molecule has 0 fully saturated rings. The summed E-state index contributed by atoms with van der Waals surface area (Å²) >= 11 is 0. The van der Waals surface area contributed by atoms with Crippen molar-refractivity contribution in [2.24, 2.45) is 20.0 Å². The molecule has 136 valence electrons. The Morgan fingerprint density at radius 1 is 0.607 bits per heavy atom. The molecule has 0 saturated carbocycles. The highest BCUT2D eigenvalue weighted by Crippen LogP contribution is 2.30. The van der Waals surface area contributed by atoms with Crippen molar-refractivity contribution in [1.82, 2.24) is 4.90 Å². The predicted molar refractivity (Wildman–Crippen MR) is 115 cm³/mol. The van der Waals surface area contributed by atoms with Crippen molar-refractivity contribution in [3.05, 3.63) is 88.6 Å². The summed E-state index contributed by atoms with van der Waals surface area (Å²) < 4.78 is 0. The standard InChI is InChI=1S/C23H19N5/c1-14-4-8-17(9-5-14)20-12-19-13-21(18-10-6-15(2)7-11-18)27-23-25-16(3)24-22(26-20)28(19)23/h4-13H,1-3H3. The Bertz CT molecular complexity index is 1110. The molecule has 3 aliphatic rings. The topological polar surface area (TPSA) is 52.7 Å². The van der Waals surface area contributed by atoms with Crippen LogP contribution in [-0.2, 0) is 0 Å². The van der Waals surface area contributed by atoms with Crippen LogP contribution in [0.3, 0.4) is 0 Å². The van der Waals surface area contributed by atoms with Gasteiger partial charge in [0.25, 0.3) is 0 Å². The van der Waals surface area contributed by atoms with E-state index in [9.17, 15) is 0 Å². The Morgan fingerprint density at radius 2 is 1.21 bits per heavy atom. The Hall–Kier alpha value is -3.60. The highest BCUT2D eigenvalue weighted by atomic mass is 15.4. The lowest BCUT2D eigenvalue weighted by atomic mass is 10.0. The van der Waals surface area contributed by atoms with E-state index in [-0.39, 0.29) is 0 Å². The van der Waals surface area contributed by atoms with Gasteiger partial charge in [0.05, 0.1) is 17.1 Å². The second kappa shape index (κ2) is 6.23. The van der Waals surface area contributed by atoms with Crippen molar-refractivity contribution in [1.29, 1.82) is 0 Å². The first-order chi connectivity index (χ1) is 13.6. The molecule has 5 rings (SSSR count). The van der Waals surface area contributed by atoms with Crippen LogP contribution in [0.5, 0.6) is 0 Å². The highest BCUT2D eigenvalue weighted by molar-refractivity contribution is 6.23. The zero-order valence-corrected chi connectivity index (χ0v) is 16.0. The first kappa shape index (κ1) is 16.6. The van der Waals surface area contributed by atoms with E-state index >= 15 is 0 Å². The van der Waals surface area contributed by atoms with Crippen molar-refractivity contribution >= 4 is 29.2 Å². The van der Waals surface area contributed by atoms with Crippen LogP contribution in [0.2, 0.25) is 0 Å². The number of benzene rings is 2. The number of aryl methyl sites for hydroxylation is 2. The fraction of sp³-hybridized carbons (Fsp3) is 0.130. The van der Waals surface area contributed by atoms with E-state index in [0.29, 0.717) is 17.8 Å². The third-order valence-corrected chi connectivity index (χ3v) is 4.89. The average Bonchev–Trinajstić information content (AvgIpc) is 2.68. The minimum absolute atomic E-state index is 0.610. The number of allylic oxidation sites excluding steroid dienone is 2. The molecule has 0 aromatic heterocycles. The van der Waals surface area contributed by atoms with Gasteiger partial charge in [-0.15, -0.1) is 0 Å². The summed E-state index contributed by atoms with van der Waals surface area (Å²) in [6, 6.07) is 16.8.